The summed E-state index contributed by atoms with van der Waals surface area (Å²) in [5.74, 6) is -1.28. The maximum atomic E-state index is 12.7. The van der Waals surface area contributed by atoms with Gasteiger partial charge in [-0.2, -0.15) is 0 Å². The van der Waals surface area contributed by atoms with Crippen LogP contribution in [0.15, 0.2) is 53.4 Å². The molecular formula is C18H13NO3S2. The monoisotopic (exact) mass is 355 g/mol. The number of carboxylic acid groups (broad SMARTS) is 1. The molecule has 1 aliphatic heterocycles. The Balaban J connectivity index is 1.97. The van der Waals surface area contributed by atoms with Gasteiger partial charge in [0.15, 0.2) is 4.32 Å². The van der Waals surface area contributed by atoms with Crippen LogP contribution in [0.2, 0.25) is 0 Å². The van der Waals surface area contributed by atoms with E-state index in [1.54, 1.807) is 12.1 Å². The second-order valence-corrected chi connectivity index (χ2v) is 6.90. The summed E-state index contributed by atoms with van der Waals surface area (Å²) in [4.78, 5) is 25.7. The van der Waals surface area contributed by atoms with E-state index in [4.69, 9.17) is 17.3 Å². The van der Waals surface area contributed by atoms with Crippen molar-refractivity contribution < 1.29 is 14.7 Å². The molecule has 1 amide bonds. The molecule has 0 aliphatic carbocycles. The van der Waals surface area contributed by atoms with Gasteiger partial charge in [-0.05, 0) is 42.3 Å². The molecule has 0 unspecified atom stereocenters. The van der Waals surface area contributed by atoms with Gasteiger partial charge >= 0.3 is 5.97 Å². The fraction of sp³-hybridized carbons (Fsp3) is 0.0556. The van der Waals surface area contributed by atoms with E-state index < -0.39 is 5.97 Å². The van der Waals surface area contributed by atoms with E-state index >= 15 is 0 Å². The summed E-state index contributed by atoms with van der Waals surface area (Å²) in [5, 5.41) is 9.11. The number of hydrogen-bond donors (Lipinski definition) is 1. The summed E-state index contributed by atoms with van der Waals surface area (Å²) in [7, 11) is 0. The minimum atomic E-state index is -1.04. The van der Waals surface area contributed by atoms with E-state index in [-0.39, 0.29) is 11.5 Å². The maximum absolute atomic E-state index is 12.7. The largest absolute Gasteiger partial charge is 0.478 e. The minimum Gasteiger partial charge on any atom is -0.478 e. The van der Waals surface area contributed by atoms with Gasteiger partial charge in [0.25, 0.3) is 5.91 Å². The summed E-state index contributed by atoms with van der Waals surface area (Å²) >= 11 is 6.53. The Kier molecular flexibility index (Phi) is 4.51. The molecule has 0 spiro atoms. The lowest BCUT2D eigenvalue weighted by atomic mass is 10.1. The van der Waals surface area contributed by atoms with Crippen LogP contribution < -0.4 is 4.90 Å². The van der Waals surface area contributed by atoms with E-state index in [1.807, 2.05) is 37.3 Å². The van der Waals surface area contributed by atoms with Gasteiger partial charge in [0.1, 0.15) is 0 Å². The summed E-state index contributed by atoms with van der Waals surface area (Å²) < 4.78 is 0.391. The molecule has 0 saturated carbocycles. The molecule has 0 bridgehead atoms. The van der Waals surface area contributed by atoms with Crippen molar-refractivity contribution in [1.29, 1.82) is 0 Å². The molecule has 3 rings (SSSR count). The van der Waals surface area contributed by atoms with Gasteiger partial charge in [0, 0.05) is 0 Å². The average molecular weight is 355 g/mol. The summed E-state index contributed by atoms with van der Waals surface area (Å²) in [6.45, 7) is 1.98. The van der Waals surface area contributed by atoms with Crippen LogP contribution in [-0.4, -0.2) is 21.3 Å². The summed E-state index contributed by atoms with van der Waals surface area (Å²) in [5.41, 5.74) is 2.60. The van der Waals surface area contributed by atoms with Crippen LogP contribution in [0.4, 0.5) is 5.69 Å². The lowest BCUT2D eigenvalue weighted by Gasteiger charge is -2.14. The van der Waals surface area contributed by atoms with Gasteiger partial charge in [-0.3, -0.25) is 9.69 Å². The maximum Gasteiger partial charge on any atom is 0.335 e. The van der Waals surface area contributed by atoms with E-state index in [0.29, 0.717) is 14.9 Å². The van der Waals surface area contributed by atoms with Gasteiger partial charge in [-0.15, -0.1) is 0 Å². The van der Waals surface area contributed by atoms with E-state index in [2.05, 4.69) is 0 Å². The number of benzene rings is 2. The Labute approximate surface area is 148 Å². The zero-order valence-electron chi connectivity index (χ0n) is 12.7. The molecule has 2 aromatic carbocycles. The topological polar surface area (TPSA) is 57.6 Å². The highest BCUT2D eigenvalue weighted by molar-refractivity contribution is 8.27. The van der Waals surface area contributed by atoms with E-state index in [0.717, 1.165) is 11.1 Å². The first-order valence-electron chi connectivity index (χ1n) is 7.14. The molecule has 6 heteroatoms. The van der Waals surface area contributed by atoms with Crippen LogP contribution in [0.1, 0.15) is 21.5 Å². The standard InChI is InChI=1S/C18H13NO3S2/c1-11-5-2-3-6-12(11)10-15-16(20)19(18(23)24-15)14-8-4-7-13(9-14)17(21)22/h2-10H,1H3,(H,21,22)/b15-10-. The number of thiocarbonyl (C=S) groups is 1. The second kappa shape index (κ2) is 6.59. The molecular weight excluding hydrogens is 342 g/mol. The smallest absolute Gasteiger partial charge is 0.335 e. The van der Waals surface area contributed by atoms with Crippen LogP contribution in [0.5, 0.6) is 0 Å². The molecule has 1 fully saturated rings. The van der Waals surface area contributed by atoms with Gasteiger partial charge < -0.3 is 5.11 Å². The fourth-order valence-electron chi connectivity index (χ4n) is 2.36. The lowest BCUT2D eigenvalue weighted by Crippen LogP contribution is -2.27. The molecule has 0 radical (unpaired) electrons. The molecule has 1 aliphatic rings. The van der Waals surface area contributed by atoms with Gasteiger partial charge in [-0.1, -0.05) is 54.3 Å². The predicted molar refractivity (Wildman–Crippen MR) is 100 cm³/mol. The number of aryl methyl sites for hydroxylation is 1. The van der Waals surface area contributed by atoms with Crippen LogP contribution in [0, 0.1) is 6.92 Å². The van der Waals surface area contributed by atoms with Crippen molar-refractivity contribution in [2.75, 3.05) is 4.90 Å². The van der Waals surface area contributed by atoms with Crippen molar-refractivity contribution in [2.45, 2.75) is 6.92 Å². The molecule has 1 N–H and O–H groups in total. The quantitative estimate of drug-likeness (QED) is 0.663. The number of amides is 1. The van der Waals surface area contributed by atoms with Gasteiger partial charge in [-0.25, -0.2) is 4.79 Å². The molecule has 0 aromatic heterocycles. The van der Waals surface area contributed by atoms with Crippen molar-refractivity contribution in [3.05, 3.63) is 70.1 Å². The van der Waals surface area contributed by atoms with Crippen molar-refractivity contribution >= 4 is 51.9 Å². The highest BCUT2D eigenvalue weighted by Gasteiger charge is 2.33. The number of hydrogen-bond acceptors (Lipinski definition) is 4. The van der Waals surface area contributed by atoms with Crippen molar-refractivity contribution in [1.82, 2.24) is 0 Å². The number of thioether (sulfide) groups is 1. The third kappa shape index (κ3) is 3.11. The summed E-state index contributed by atoms with van der Waals surface area (Å²) in [6, 6.07) is 14.0. The van der Waals surface area contributed by atoms with Crippen LogP contribution in [0.3, 0.4) is 0 Å². The van der Waals surface area contributed by atoms with Gasteiger partial charge in [0.05, 0.1) is 16.2 Å². The van der Waals surface area contributed by atoms with E-state index in [1.165, 1.54) is 28.8 Å². The highest BCUT2D eigenvalue weighted by Crippen LogP contribution is 2.36. The number of carboxylic acids is 1. The second-order valence-electron chi connectivity index (χ2n) is 5.23. The van der Waals surface area contributed by atoms with E-state index in [9.17, 15) is 9.59 Å². The van der Waals surface area contributed by atoms with Crippen molar-refractivity contribution in [3.8, 4) is 0 Å². The van der Waals surface area contributed by atoms with Crippen LogP contribution in [-0.2, 0) is 4.79 Å². The number of nitrogens with zero attached hydrogens (tertiary/aromatic N) is 1. The normalized spacial score (nSPS) is 16.0. The number of carbonyl (C=O) groups excluding carboxylic acids is 1. The fourth-order valence-corrected chi connectivity index (χ4v) is 3.65. The third-order valence-corrected chi connectivity index (χ3v) is 4.92. The Hall–Kier alpha value is -2.44. The number of anilines is 1. The minimum absolute atomic E-state index is 0.115. The molecule has 24 heavy (non-hydrogen) atoms. The molecule has 120 valence electrons. The SMILES string of the molecule is Cc1ccccc1/C=C1\SC(=S)N(c2cccc(C(=O)O)c2)C1=O. The van der Waals surface area contributed by atoms with Crippen LogP contribution in [0.25, 0.3) is 6.08 Å². The first-order valence-corrected chi connectivity index (χ1v) is 8.37. The number of aromatic carboxylic acids is 1. The lowest BCUT2D eigenvalue weighted by molar-refractivity contribution is -0.113. The van der Waals surface area contributed by atoms with Crippen molar-refractivity contribution in [2.24, 2.45) is 0 Å². The Morgan fingerprint density at radius 3 is 2.67 bits per heavy atom. The average Bonchev–Trinajstić information content (AvgIpc) is 2.83. The van der Waals surface area contributed by atoms with Gasteiger partial charge in [0.2, 0.25) is 0 Å². The first kappa shape index (κ1) is 16.4. The zero-order chi connectivity index (χ0) is 17.3. The molecule has 2 aromatic rings. The molecule has 1 heterocycles. The number of carbonyl (C=O) groups is 2. The molecule has 0 atom stereocenters. The van der Waals surface area contributed by atoms with Crippen molar-refractivity contribution in [3.63, 3.8) is 0 Å². The Bertz CT molecular complexity index is 889. The Morgan fingerprint density at radius 2 is 1.96 bits per heavy atom. The molecule has 1 saturated heterocycles. The molecule has 4 nitrogen and oxygen atoms in total. The van der Waals surface area contributed by atoms with Crippen LogP contribution >= 0.6 is 24.0 Å². The predicted octanol–water partition coefficient (Wildman–Crippen LogP) is 4.10. The third-order valence-electron chi connectivity index (χ3n) is 3.62. The zero-order valence-corrected chi connectivity index (χ0v) is 14.4. The summed E-state index contributed by atoms with van der Waals surface area (Å²) in [6.07, 6.45) is 1.82. The number of rotatable bonds is 3. The highest BCUT2D eigenvalue weighted by atomic mass is 32.2. The Morgan fingerprint density at radius 1 is 1.21 bits per heavy atom. The first-order chi connectivity index (χ1) is 11.5.